The molecule has 6 aliphatic rings. The number of ether oxygens (including phenoxy) is 2. The summed E-state index contributed by atoms with van der Waals surface area (Å²) in [6.07, 6.45) is 4.69. The van der Waals surface area contributed by atoms with Crippen molar-refractivity contribution >= 4 is 122 Å². The van der Waals surface area contributed by atoms with Crippen LogP contribution in [0.4, 0.5) is 34.1 Å². The van der Waals surface area contributed by atoms with Crippen molar-refractivity contribution in [2.75, 3.05) is 9.80 Å². The second-order valence-electron chi connectivity index (χ2n) is 28.6. The van der Waals surface area contributed by atoms with E-state index in [0.717, 1.165) is 35.8 Å². The molecule has 15 rings (SSSR count). The summed E-state index contributed by atoms with van der Waals surface area (Å²) in [5.41, 5.74) is 20.8. The molecule has 0 spiro atoms. The maximum absolute atomic E-state index is 7.48. The molecule has 7 aromatic carbocycles. The van der Waals surface area contributed by atoms with E-state index in [4.69, 9.17) is 9.47 Å². The summed E-state index contributed by atoms with van der Waals surface area (Å²) >= 11 is 3.91. The van der Waals surface area contributed by atoms with Gasteiger partial charge in [0.15, 0.2) is 0 Å². The van der Waals surface area contributed by atoms with Crippen LogP contribution < -0.4 is 50.7 Å². The molecule has 0 amide bonds. The molecule has 0 N–H and O–H groups in total. The van der Waals surface area contributed by atoms with E-state index < -0.39 is 0 Å². The highest BCUT2D eigenvalue weighted by atomic mass is 32.1. The smallest absolute Gasteiger partial charge is 0.268 e. The van der Waals surface area contributed by atoms with Gasteiger partial charge in [-0.15, -0.1) is 22.7 Å². The summed E-state index contributed by atoms with van der Waals surface area (Å²) in [5, 5.41) is 2.59. The van der Waals surface area contributed by atoms with Crippen LogP contribution >= 0.6 is 22.7 Å². The fourth-order valence-electron chi connectivity index (χ4n) is 14.7. The molecule has 8 heteroatoms. The normalized spacial score (nSPS) is 18.4. The van der Waals surface area contributed by atoms with Gasteiger partial charge in [0.1, 0.15) is 23.0 Å². The van der Waals surface area contributed by atoms with E-state index in [1.807, 2.05) is 22.7 Å². The first-order chi connectivity index (χ1) is 36.9. The van der Waals surface area contributed by atoms with Crippen molar-refractivity contribution in [3.63, 3.8) is 0 Å². The predicted octanol–water partition coefficient (Wildman–Crippen LogP) is 16.2. The van der Waals surface area contributed by atoms with Crippen molar-refractivity contribution in [1.82, 2.24) is 0 Å². The monoisotopic (exact) mass is 1060 g/mol. The Labute approximate surface area is 471 Å². The zero-order valence-electron chi connectivity index (χ0n) is 48.1. The third-order valence-corrected chi connectivity index (χ3v) is 22.0. The first-order valence-electron chi connectivity index (χ1n) is 28.7. The average Bonchev–Trinajstić information content (AvgIpc) is 4.11. The number of fused-ring (bicyclic) bond motifs is 14. The molecule has 390 valence electrons. The Balaban J connectivity index is 0.981. The molecule has 0 fully saturated rings. The summed E-state index contributed by atoms with van der Waals surface area (Å²) in [5.74, 6) is 3.63. The third-order valence-electron chi connectivity index (χ3n) is 19.6. The summed E-state index contributed by atoms with van der Waals surface area (Å²) in [4.78, 5) is 5.26. The lowest BCUT2D eigenvalue weighted by atomic mass is 9.33. The number of hydrogen-bond donors (Lipinski definition) is 0. The minimum atomic E-state index is -0.136. The Morgan fingerprint density at radius 2 is 0.808 bits per heavy atom. The number of nitrogens with zero attached hydrogens (tertiary/aromatic N) is 2. The summed E-state index contributed by atoms with van der Waals surface area (Å²) in [7, 11) is 0. The van der Waals surface area contributed by atoms with Crippen molar-refractivity contribution in [1.29, 1.82) is 0 Å². The van der Waals surface area contributed by atoms with Crippen molar-refractivity contribution in [2.45, 2.75) is 155 Å². The van der Waals surface area contributed by atoms with Gasteiger partial charge in [-0.05, 0) is 174 Å². The Bertz CT molecular complexity index is 3860. The maximum Gasteiger partial charge on any atom is 0.268 e. The highest BCUT2D eigenvalue weighted by Crippen LogP contribution is 2.54. The molecule has 2 aromatic heterocycles. The molecule has 0 radical (unpaired) electrons. The Morgan fingerprint density at radius 1 is 0.423 bits per heavy atom. The van der Waals surface area contributed by atoms with Crippen molar-refractivity contribution in [3.05, 3.63) is 155 Å². The van der Waals surface area contributed by atoms with E-state index in [1.165, 1.54) is 132 Å². The largest absolute Gasteiger partial charge is 0.458 e. The fraction of sp³-hybridized carbons (Fsp3) is 0.343. The first kappa shape index (κ1) is 48.9. The van der Waals surface area contributed by atoms with Crippen molar-refractivity contribution in [2.24, 2.45) is 0 Å². The van der Waals surface area contributed by atoms with Crippen LogP contribution in [0.3, 0.4) is 0 Å². The standard InChI is InChI=1S/C70H70B2N2O2S2/c1-65(2,3)39-31-51-59-55(33-39)75-53-38-54-50(37-49(53)71(59)63-61(43-19-15-17-21-57(43)77-63)73(51)41-23-25-45-47(35-41)69(11,12)29-27-67(45,7)8)72-60-52(32-40(66(4,5)6)34-56(60)76-54)74(62-44-20-16-18-22-58(44)78-64(62)72)42-24-26-46-48(36-42)70(13,14)30-28-68(46,9)10/h15-26,31-38H,27-30H2,1-14H3. The molecular weight excluding hydrogens is 987 g/mol. The Kier molecular flexibility index (Phi) is 9.89. The molecule has 6 heterocycles. The van der Waals surface area contributed by atoms with Gasteiger partial charge in [0.2, 0.25) is 0 Å². The van der Waals surface area contributed by atoms with Crippen LogP contribution in [0, 0.1) is 0 Å². The summed E-state index contributed by atoms with van der Waals surface area (Å²) in [6, 6.07) is 47.6. The molecule has 0 unspecified atom stereocenters. The quantitative estimate of drug-likeness (QED) is 0.161. The number of thiophene rings is 2. The van der Waals surface area contributed by atoms with Crippen LogP contribution in [0.25, 0.3) is 20.2 Å². The van der Waals surface area contributed by atoms with Gasteiger partial charge in [-0.25, -0.2) is 0 Å². The highest BCUT2D eigenvalue weighted by Gasteiger charge is 2.50. The predicted molar refractivity (Wildman–Crippen MR) is 337 cm³/mol. The van der Waals surface area contributed by atoms with Crippen LogP contribution in [-0.2, 0) is 32.5 Å². The lowest BCUT2D eigenvalue weighted by molar-refractivity contribution is 0.332. The topological polar surface area (TPSA) is 24.9 Å². The zero-order chi connectivity index (χ0) is 54.1. The molecule has 0 saturated heterocycles. The van der Waals surface area contributed by atoms with Crippen molar-refractivity contribution in [3.8, 4) is 23.0 Å². The molecular formula is C70H70B2N2O2S2. The van der Waals surface area contributed by atoms with E-state index in [0.29, 0.717) is 0 Å². The number of hydrogen-bond acceptors (Lipinski definition) is 6. The van der Waals surface area contributed by atoms with E-state index in [2.05, 4.69) is 228 Å². The van der Waals surface area contributed by atoms with Crippen LogP contribution in [0.2, 0.25) is 0 Å². The Hall–Kier alpha value is -6.21. The molecule has 4 nitrogen and oxygen atoms in total. The Morgan fingerprint density at radius 3 is 1.21 bits per heavy atom. The molecule has 0 bridgehead atoms. The SMILES string of the molecule is CC(C)(C)c1cc2c3c(c1)N(c1ccc4c(c1)C(C)(C)CCC4(C)C)c1c(sc4ccccc14)B3c1cc3c(cc1O2)Oc1cc(C(C)(C)C)cc2c1B3c1sc3ccccc3c1N2c1ccc2c(c1)C(C)(C)CCC2(C)C. The van der Waals surface area contributed by atoms with Gasteiger partial charge < -0.3 is 19.3 Å². The second kappa shape index (κ2) is 15.8. The van der Waals surface area contributed by atoms with Crippen LogP contribution in [0.5, 0.6) is 23.0 Å². The van der Waals surface area contributed by atoms with Gasteiger partial charge in [0.05, 0.1) is 11.4 Å². The van der Waals surface area contributed by atoms with E-state index in [9.17, 15) is 0 Å². The fourth-order valence-corrected chi connectivity index (χ4v) is 17.3. The highest BCUT2D eigenvalue weighted by molar-refractivity contribution is 7.34. The van der Waals surface area contributed by atoms with E-state index in [-0.39, 0.29) is 45.9 Å². The number of benzene rings is 7. The lowest BCUT2D eigenvalue weighted by Gasteiger charge is -2.44. The zero-order valence-corrected chi connectivity index (χ0v) is 49.7. The van der Waals surface area contributed by atoms with Crippen LogP contribution in [-0.4, -0.2) is 13.4 Å². The lowest BCUT2D eigenvalue weighted by Crippen LogP contribution is -2.62. The molecule has 78 heavy (non-hydrogen) atoms. The van der Waals surface area contributed by atoms with Gasteiger partial charge in [0.25, 0.3) is 13.4 Å². The van der Waals surface area contributed by atoms with Gasteiger partial charge >= 0.3 is 0 Å². The first-order valence-corrected chi connectivity index (χ1v) is 30.3. The molecule has 0 atom stereocenters. The minimum Gasteiger partial charge on any atom is -0.458 e. The van der Waals surface area contributed by atoms with Gasteiger partial charge in [0, 0.05) is 58.5 Å². The summed E-state index contributed by atoms with van der Waals surface area (Å²) in [6.45, 7) is 33.4. The minimum absolute atomic E-state index is 0.0561. The van der Waals surface area contributed by atoms with Gasteiger partial charge in [-0.1, -0.05) is 152 Å². The van der Waals surface area contributed by atoms with Crippen molar-refractivity contribution < 1.29 is 9.47 Å². The third kappa shape index (κ3) is 6.84. The van der Waals surface area contributed by atoms with Crippen LogP contribution in [0.1, 0.15) is 156 Å². The molecule has 4 aliphatic heterocycles. The van der Waals surface area contributed by atoms with Gasteiger partial charge in [-0.3, -0.25) is 0 Å². The molecule has 2 aliphatic carbocycles. The second-order valence-corrected chi connectivity index (χ2v) is 30.8. The van der Waals surface area contributed by atoms with E-state index >= 15 is 0 Å². The number of rotatable bonds is 2. The number of anilines is 6. The van der Waals surface area contributed by atoms with E-state index in [1.54, 1.807) is 0 Å². The molecule has 0 saturated carbocycles. The average molecular weight is 1060 g/mol. The van der Waals surface area contributed by atoms with Crippen LogP contribution in [0.15, 0.2) is 121 Å². The maximum atomic E-state index is 7.48. The summed E-state index contributed by atoms with van der Waals surface area (Å²) < 4.78 is 20.3. The van der Waals surface area contributed by atoms with Gasteiger partial charge in [-0.2, -0.15) is 0 Å². The molecule has 9 aromatic rings.